The van der Waals surface area contributed by atoms with Crippen LogP contribution in [0.25, 0.3) is 0 Å². The number of aromatic nitrogens is 2. The Morgan fingerprint density at radius 2 is 2.17 bits per heavy atom. The number of benzene rings is 1. The molecule has 0 radical (unpaired) electrons. The van der Waals surface area contributed by atoms with Crippen LogP contribution < -0.4 is 10.5 Å². The summed E-state index contributed by atoms with van der Waals surface area (Å²) >= 11 is 3.37. The van der Waals surface area contributed by atoms with Crippen molar-refractivity contribution in [3.63, 3.8) is 0 Å². The molecule has 0 amide bonds. The number of ether oxygens (including phenoxy) is 2. The maximum Gasteiger partial charge on any atom is 0.356 e. The standard InChI is InChI=1S/C15H11BrN4O3/c1-22-15(21)12-11-10(7-2-4-8(16)5-3-7)9(6-17)13(18)23-14(11)20-19-12/h2-5,10H,18H2,1H3,(H,19,20). The molecular formula is C15H11BrN4O3. The van der Waals surface area contributed by atoms with Crippen LogP contribution in [-0.2, 0) is 4.74 Å². The molecule has 7 nitrogen and oxygen atoms in total. The van der Waals surface area contributed by atoms with Crippen LogP contribution in [0, 0.1) is 11.3 Å². The zero-order valence-electron chi connectivity index (χ0n) is 12.0. The second-order valence-corrected chi connectivity index (χ2v) is 5.70. The lowest BCUT2D eigenvalue weighted by molar-refractivity contribution is 0.0592. The lowest BCUT2D eigenvalue weighted by atomic mass is 9.84. The lowest BCUT2D eigenvalue weighted by Crippen LogP contribution is -2.22. The highest BCUT2D eigenvalue weighted by Crippen LogP contribution is 2.43. The number of methoxy groups -OCH3 is 1. The first-order valence-corrected chi connectivity index (χ1v) is 7.35. The predicted octanol–water partition coefficient (Wildman–Crippen LogP) is 2.18. The van der Waals surface area contributed by atoms with E-state index >= 15 is 0 Å². The van der Waals surface area contributed by atoms with E-state index in [2.05, 4.69) is 32.2 Å². The largest absolute Gasteiger partial charge is 0.464 e. The van der Waals surface area contributed by atoms with E-state index in [1.165, 1.54) is 7.11 Å². The van der Waals surface area contributed by atoms with E-state index in [1.54, 1.807) is 0 Å². The van der Waals surface area contributed by atoms with Gasteiger partial charge in [0.15, 0.2) is 5.69 Å². The number of esters is 1. The van der Waals surface area contributed by atoms with Crippen molar-refractivity contribution in [2.75, 3.05) is 7.11 Å². The van der Waals surface area contributed by atoms with E-state index in [4.69, 9.17) is 15.2 Å². The number of H-pyrrole nitrogens is 1. The SMILES string of the molecule is COC(=O)c1[nH]nc2c1C(c1ccc(Br)cc1)C(C#N)=C(N)O2. The van der Waals surface area contributed by atoms with Gasteiger partial charge in [-0.3, -0.25) is 5.10 Å². The molecule has 0 aliphatic carbocycles. The monoisotopic (exact) mass is 374 g/mol. The summed E-state index contributed by atoms with van der Waals surface area (Å²) < 4.78 is 11.0. The van der Waals surface area contributed by atoms with Crippen molar-refractivity contribution in [1.29, 1.82) is 5.26 Å². The minimum atomic E-state index is -0.595. The Hall–Kier alpha value is -2.79. The molecule has 1 aromatic carbocycles. The minimum Gasteiger partial charge on any atom is -0.464 e. The highest BCUT2D eigenvalue weighted by atomic mass is 79.9. The Bertz CT molecular complexity index is 849. The lowest BCUT2D eigenvalue weighted by Gasteiger charge is -2.23. The van der Waals surface area contributed by atoms with Gasteiger partial charge < -0.3 is 15.2 Å². The number of rotatable bonds is 2. The first-order chi connectivity index (χ1) is 11.1. The molecular weight excluding hydrogens is 364 g/mol. The highest BCUT2D eigenvalue weighted by molar-refractivity contribution is 9.10. The number of hydrogen-bond donors (Lipinski definition) is 2. The molecule has 1 unspecified atom stereocenters. The second kappa shape index (κ2) is 5.78. The number of nitrogens with two attached hydrogens (primary N) is 1. The van der Waals surface area contributed by atoms with Gasteiger partial charge in [-0.1, -0.05) is 28.1 Å². The molecule has 1 aliphatic rings. The van der Waals surface area contributed by atoms with Crippen molar-refractivity contribution in [3.8, 4) is 11.9 Å². The summed E-state index contributed by atoms with van der Waals surface area (Å²) in [6, 6.07) is 9.41. The molecule has 8 heteroatoms. The van der Waals surface area contributed by atoms with Crippen LogP contribution in [-0.4, -0.2) is 23.3 Å². The van der Waals surface area contributed by atoms with Crippen molar-refractivity contribution in [3.05, 3.63) is 57.0 Å². The normalized spacial score (nSPS) is 16.3. The molecule has 3 N–H and O–H groups in total. The Morgan fingerprint density at radius 3 is 2.78 bits per heavy atom. The number of aromatic amines is 1. The molecule has 2 heterocycles. The molecule has 0 spiro atoms. The summed E-state index contributed by atoms with van der Waals surface area (Å²) in [4.78, 5) is 12.0. The molecule has 1 aromatic heterocycles. The summed E-state index contributed by atoms with van der Waals surface area (Å²) in [7, 11) is 1.27. The van der Waals surface area contributed by atoms with Crippen molar-refractivity contribution >= 4 is 21.9 Å². The van der Waals surface area contributed by atoms with E-state index < -0.39 is 11.9 Å². The Morgan fingerprint density at radius 1 is 1.48 bits per heavy atom. The number of halogens is 1. The average molecular weight is 375 g/mol. The summed E-state index contributed by atoms with van der Waals surface area (Å²) in [6.45, 7) is 0. The number of fused-ring (bicyclic) bond motifs is 1. The smallest absolute Gasteiger partial charge is 0.356 e. The third-order valence-corrected chi connectivity index (χ3v) is 4.06. The number of allylic oxidation sites excluding steroid dienone is 1. The van der Waals surface area contributed by atoms with Gasteiger partial charge in [0.1, 0.15) is 11.6 Å². The Kier molecular flexibility index (Phi) is 3.80. The third kappa shape index (κ3) is 2.45. The molecule has 0 saturated carbocycles. The first-order valence-electron chi connectivity index (χ1n) is 6.56. The second-order valence-electron chi connectivity index (χ2n) is 4.79. The van der Waals surface area contributed by atoms with Crippen LogP contribution in [0.1, 0.15) is 27.5 Å². The molecule has 1 atom stereocenters. The molecule has 3 rings (SSSR count). The van der Waals surface area contributed by atoms with Crippen LogP contribution in [0.4, 0.5) is 0 Å². The number of carbonyl (C=O) groups excluding carboxylic acids is 1. The van der Waals surface area contributed by atoms with Crippen LogP contribution in [0.2, 0.25) is 0 Å². The zero-order chi connectivity index (χ0) is 16.6. The maximum atomic E-state index is 12.0. The minimum absolute atomic E-state index is 0.0316. The topological polar surface area (TPSA) is 114 Å². The zero-order valence-corrected chi connectivity index (χ0v) is 13.5. The van der Waals surface area contributed by atoms with Gasteiger partial charge in [0.2, 0.25) is 11.8 Å². The fourth-order valence-electron chi connectivity index (χ4n) is 2.49. The van der Waals surface area contributed by atoms with Crippen molar-refractivity contribution in [2.45, 2.75) is 5.92 Å². The van der Waals surface area contributed by atoms with Crippen molar-refractivity contribution < 1.29 is 14.3 Å². The fourth-order valence-corrected chi connectivity index (χ4v) is 2.76. The average Bonchev–Trinajstić information content (AvgIpc) is 2.97. The number of nitrogens with zero attached hydrogens (tertiary/aromatic N) is 2. The van der Waals surface area contributed by atoms with Gasteiger partial charge in [0.05, 0.1) is 18.6 Å². The number of hydrogen-bond acceptors (Lipinski definition) is 6. The molecule has 0 bridgehead atoms. The number of nitrogens with one attached hydrogen (secondary N) is 1. The van der Waals surface area contributed by atoms with Gasteiger partial charge in [-0.05, 0) is 17.7 Å². The Balaban J connectivity index is 2.23. The van der Waals surface area contributed by atoms with E-state index in [9.17, 15) is 10.1 Å². The number of carbonyl (C=O) groups is 1. The van der Waals surface area contributed by atoms with E-state index in [0.717, 1.165) is 10.0 Å². The summed E-state index contributed by atoms with van der Waals surface area (Å²) in [6.07, 6.45) is 0. The Labute approximate surface area is 139 Å². The molecule has 2 aromatic rings. The summed E-state index contributed by atoms with van der Waals surface area (Å²) in [5.74, 6) is -1.03. The van der Waals surface area contributed by atoms with Crippen molar-refractivity contribution in [2.24, 2.45) is 5.73 Å². The molecule has 116 valence electrons. The van der Waals surface area contributed by atoms with Gasteiger partial charge in [-0.15, -0.1) is 5.10 Å². The fraction of sp³-hybridized carbons (Fsp3) is 0.133. The molecule has 0 fully saturated rings. The van der Waals surface area contributed by atoms with E-state index in [-0.39, 0.29) is 23.0 Å². The highest BCUT2D eigenvalue weighted by Gasteiger charge is 2.37. The number of nitriles is 1. The molecule has 23 heavy (non-hydrogen) atoms. The quantitative estimate of drug-likeness (QED) is 0.778. The molecule has 1 aliphatic heterocycles. The van der Waals surface area contributed by atoms with Gasteiger partial charge in [-0.2, -0.15) is 5.26 Å². The van der Waals surface area contributed by atoms with Gasteiger partial charge >= 0.3 is 5.97 Å². The van der Waals surface area contributed by atoms with Gasteiger partial charge in [0, 0.05) is 4.47 Å². The van der Waals surface area contributed by atoms with Crippen LogP contribution in [0.5, 0.6) is 5.88 Å². The summed E-state index contributed by atoms with van der Waals surface area (Å²) in [5.41, 5.74) is 7.40. The van der Waals surface area contributed by atoms with E-state index in [0.29, 0.717) is 5.56 Å². The van der Waals surface area contributed by atoms with Crippen LogP contribution in [0.15, 0.2) is 40.2 Å². The predicted molar refractivity (Wildman–Crippen MR) is 83.4 cm³/mol. The van der Waals surface area contributed by atoms with Gasteiger partial charge in [0.25, 0.3) is 0 Å². The third-order valence-electron chi connectivity index (χ3n) is 3.53. The van der Waals surface area contributed by atoms with Crippen molar-refractivity contribution in [1.82, 2.24) is 10.2 Å². The van der Waals surface area contributed by atoms with Crippen LogP contribution in [0.3, 0.4) is 0 Å². The first kappa shape index (κ1) is 15.1. The molecule has 0 saturated heterocycles. The maximum absolute atomic E-state index is 12.0. The van der Waals surface area contributed by atoms with Gasteiger partial charge in [-0.25, -0.2) is 4.79 Å². The van der Waals surface area contributed by atoms with Crippen LogP contribution >= 0.6 is 15.9 Å². The van der Waals surface area contributed by atoms with E-state index in [1.807, 2.05) is 24.3 Å². The summed E-state index contributed by atoms with van der Waals surface area (Å²) in [5, 5.41) is 16.0.